The normalized spacial score (nSPS) is 17.1. The lowest BCUT2D eigenvalue weighted by molar-refractivity contribution is -0.136. The molecule has 5 nitrogen and oxygen atoms in total. The summed E-state index contributed by atoms with van der Waals surface area (Å²) in [6.45, 7) is 3.68. The molecular formula is C15H20N2O3. The van der Waals surface area contributed by atoms with Crippen molar-refractivity contribution < 1.29 is 14.7 Å². The van der Waals surface area contributed by atoms with Gasteiger partial charge in [-0.2, -0.15) is 0 Å². The first-order valence-corrected chi connectivity index (χ1v) is 6.77. The van der Waals surface area contributed by atoms with E-state index < -0.39 is 17.4 Å². The molecule has 0 aromatic heterocycles. The number of nitrogens with one attached hydrogen (secondary N) is 2. The van der Waals surface area contributed by atoms with Gasteiger partial charge in [-0.15, -0.1) is 0 Å². The summed E-state index contributed by atoms with van der Waals surface area (Å²) in [5.74, 6) is -1.22. The maximum atomic E-state index is 11.7. The van der Waals surface area contributed by atoms with Crippen LogP contribution >= 0.6 is 0 Å². The molecule has 1 aliphatic carbocycles. The third kappa shape index (κ3) is 3.81. The highest BCUT2D eigenvalue weighted by Crippen LogP contribution is 2.38. The Morgan fingerprint density at radius 2 is 2.05 bits per heavy atom. The van der Waals surface area contributed by atoms with E-state index in [1.54, 1.807) is 25.1 Å². The second kappa shape index (κ2) is 5.63. The number of benzene rings is 1. The van der Waals surface area contributed by atoms with Gasteiger partial charge in [0.25, 0.3) is 0 Å². The highest BCUT2D eigenvalue weighted by atomic mass is 16.3. The molecule has 108 valence electrons. The highest BCUT2D eigenvalue weighted by molar-refractivity contribution is 6.39. The fourth-order valence-corrected chi connectivity index (χ4v) is 2.10. The van der Waals surface area contributed by atoms with Crippen LogP contribution in [0.5, 0.6) is 0 Å². The van der Waals surface area contributed by atoms with Gasteiger partial charge in [-0.3, -0.25) is 9.59 Å². The molecule has 3 N–H and O–H groups in total. The van der Waals surface area contributed by atoms with Crippen molar-refractivity contribution in [2.45, 2.75) is 32.3 Å². The van der Waals surface area contributed by atoms with Crippen LogP contribution in [0.3, 0.4) is 0 Å². The Bertz CT molecular complexity index is 522. The zero-order chi connectivity index (χ0) is 14.8. The van der Waals surface area contributed by atoms with Gasteiger partial charge in [-0.25, -0.2) is 0 Å². The minimum absolute atomic E-state index is 0.0950. The van der Waals surface area contributed by atoms with Gasteiger partial charge >= 0.3 is 11.8 Å². The molecule has 1 aromatic rings. The predicted molar refractivity (Wildman–Crippen MR) is 76.2 cm³/mol. The SMILES string of the molecule is Cc1cccc(NC(=O)C(=O)NCC(C)(O)C2CC2)c1. The molecular weight excluding hydrogens is 256 g/mol. The number of carbonyl (C=O) groups excluding carboxylic acids is 2. The molecule has 0 spiro atoms. The van der Waals surface area contributed by atoms with Gasteiger partial charge in [0.05, 0.1) is 5.60 Å². The minimum atomic E-state index is -0.931. The molecule has 0 radical (unpaired) electrons. The second-order valence-electron chi connectivity index (χ2n) is 5.64. The van der Waals surface area contributed by atoms with Gasteiger partial charge < -0.3 is 15.7 Å². The molecule has 2 amide bonds. The quantitative estimate of drug-likeness (QED) is 0.723. The first kappa shape index (κ1) is 14.5. The Hall–Kier alpha value is -1.88. The molecule has 1 atom stereocenters. The van der Waals surface area contributed by atoms with Gasteiger partial charge in [0.15, 0.2) is 0 Å². The van der Waals surface area contributed by atoms with E-state index in [4.69, 9.17) is 0 Å². The summed E-state index contributed by atoms with van der Waals surface area (Å²) in [5.41, 5.74) is 0.651. The number of carbonyl (C=O) groups is 2. The highest BCUT2D eigenvalue weighted by Gasteiger charge is 2.40. The van der Waals surface area contributed by atoms with E-state index in [-0.39, 0.29) is 12.5 Å². The third-order valence-electron chi connectivity index (χ3n) is 3.55. The van der Waals surface area contributed by atoms with Crippen molar-refractivity contribution in [2.24, 2.45) is 5.92 Å². The Balaban J connectivity index is 1.84. The molecule has 20 heavy (non-hydrogen) atoms. The standard InChI is InChI=1S/C15H20N2O3/c1-10-4-3-5-12(8-10)17-14(19)13(18)16-9-15(2,20)11-6-7-11/h3-5,8,11,20H,6-7,9H2,1-2H3,(H,16,18)(H,17,19). The van der Waals surface area contributed by atoms with Gasteiger partial charge in [0.2, 0.25) is 0 Å². The van der Waals surface area contributed by atoms with E-state index >= 15 is 0 Å². The van der Waals surface area contributed by atoms with Crippen molar-refractivity contribution in [3.63, 3.8) is 0 Å². The maximum absolute atomic E-state index is 11.7. The smallest absolute Gasteiger partial charge is 0.313 e. The summed E-state index contributed by atoms with van der Waals surface area (Å²) in [4.78, 5) is 23.4. The summed E-state index contributed by atoms with van der Waals surface area (Å²) in [7, 11) is 0. The van der Waals surface area contributed by atoms with E-state index in [0.29, 0.717) is 5.69 Å². The average Bonchev–Trinajstić information content (AvgIpc) is 3.20. The van der Waals surface area contributed by atoms with Gasteiger partial charge in [-0.05, 0) is 50.3 Å². The largest absolute Gasteiger partial charge is 0.388 e. The molecule has 0 saturated heterocycles. The number of aryl methyl sites for hydroxylation is 1. The minimum Gasteiger partial charge on any atom is -0.388 e. The van der Waals surface area contributed by atoms with Crippen LogP contribution in [0.15, 0.2) is 24.3 Å². The Labute approximate surface area is 118 Å². The Kier molecular flexibility index (Phi) is 4.09. The van der Waals surface area contributed by atoms with Crippen LogP contribution in [0.1, 0.15) is 25.3 Å². The predicted octanol–water partition coefficient (Wildman–Crippen LogP) is 1.21. The van der Waals surface area contributed by atoms with Crippen LogP contribution < -0.4 is 10.6 Å². The number of anilines is 1. The van der Waals surface area contributed by atoms with Crippen LogP contribution in [0.2, 0.25) is 0 Å². The monoisotopic (exact) mass is 276 g/mol. The lowest BCUT2D eigenvalue weighted by Crippen LogP contribution is -2.45. The number of aliphatic hydroxyl groups is 1. The van der Waals surface area contributed by atoms with E-state index in [1.807, 2.05) is 13.0 Å². The Morgan fingerprint density at radius 1 is 1.35 bits per heavy atom. The zero-order valence-corrected chi connectivity index (χ0v) is 11.8. The van der Waals surface area contributed by atoms with E-state index in [1.165, 1.54) is 0 Å². The number of amides is 2. The molecule has 1 fully saturated rings. The summed E-state index contributed by atoms with van der Waals surface area (Å²) in [6, 6.07) is 7.22. The fraction of sp³-hybridized carbons (Fsp3) is 0.467. The van der Waals surface area contributed by atoms with E-state index in [0.717, 1.165) is 18.4 Å². The molecule has 1 aliphatic rings. The van der Waals surface area contributed by atoms with Crippen molar-refractivity contribution >= 4 is 17.5 Å². The van der Waals surface area contributed by atoms with Gasteiger partial charge in [-0.1, -0.05) is 12.1 Å². The molecule has 5 heteroatoms. The molecule has 0 bridgehead atoms. The lowest BCUT2D eigenvalue weighted by atomic mass is 10.0. The van der Waals surface area contributed by atoms with Crippen molar-refractivity contribution in [1.29, 1.82) is 0 Å². The van der Waals surface area contributed by atoms with Gasteiger partial charge in [0.1, 0.15) is 0 Å². The molecule has 0 heterocycles. The topological polar surface area (TPSA) is 78.4 Å². The summed E-state index contributed by atoms with van der Waals surface area (Å²) >= 11 is 0. The maximum Gasteiger partial charge on any atom is 0.313 e. The number of hydrogen-bond donors (Lipinski definition) is 3. The summed E-state index contributed by atoms with van der Waals surface area (Å²) in [6.07, 6.45) is 1.94. The first-order chi connectivity index (χ1) is 9.38. The van der Waals surface area contributed by atoms with E-state index in [9.17, 15) is 14.7 Å². The van der Waals surface area contributed by atoms with Crippen LogP contribution in [0, 0.1) is 12.8 Å². The molecule has 1 unspecified atom stereocenters. The summed E-state index contributed by atoms with van der Waals surface area (Å²) in [5, 5.41) is 15.1. The van der Waals surface area contributed by atoms with Crippen molar-refractivity contribution in [1.82, 2.24) is 5.32 Å². The van der Waals surface area contributed by atoms with Crippen LogP contribution in [-0.2, 0) is 9.59 Å². The van der Waals surface area contributed by atoms with Crippen LogP contribution in [-0.4, -0.2) is 29.1 Å². The Morgan fingerprint density at radius 3 is 2.65 bits per heavy atom. The molecule has 1 aromatic carbocycles. The van der Waals surface area contributed by atoms with Gasteiger partial charge in [0, 0.05) is 12.2 Å². The zero-order valence-electron chi connectivity index (χ0n) is 11.8. The second-order valence-corrected chi connectivity index (χ2v) is 5.64. The summed E-state index contributed by atoms with van der Waals surface area (Å²) < 4.78 is 0. The van der Waals surface area contributed by atoms with Crippen molar-refractivity contribution in [3.05, 3.63) is 29.8 Å². The van der Waals surface area contributed by atoms with Crippen molar-refractivity contribution in [2.75, 3.05) is 11.9 Å². The fourth-order valence-electron chi connectivity index (χ4n) is 2.10. The third-order valence-corrected chi connectivity index (χ3v) is 3.55. The molecule has 0 aliphatic heterocycles. The van der Waals surface area contributed by atoms with Crippen molar-refractivity contribution in [3.8, 4) is 0 Å². The van der Waals surface area contributed by atoms with Crippen LogP contribution in [0.4, 0.5) is 5.69 Å². The first-order valence-electron chi connectivity index (χ1n) is 6.77. The average molecular weight is 276 g/mol. The molecule has 2 rings (SSSR count). The number of rotatable bonds is 4. The number of hydrogen-bond acceptors (Lipinski definition) is 3. The van der Waals surface area contributed by atoms with E-state index in [2.05, 4.69) is 10.6 Å². The van der Waals surface area contributed by atoms with Crippen LogP contribution in [0.25, 0.3) is 0 Å². The lowest BCUT2D eigenvalue weighted by Gasteiger charge is -2.22. The molecule has 1 saturated carbocycles.